The van der Waals surface area contributed by atoms with Gasteiger partial charge in [-0.15, -0.1) is 11.6 Å². The summed E-state index contributed by atoms with van der Waals surface area (Å²) in [4.78, 5) is 0. The molecule has 0 radical (unpaired) electrons. The summed E-state index contributed by atoms with van der Waals surface area (Å²) < 4.78 is 2.03. The van der Waals surface area contributed by atoms with E-state index in [1.807, 2.05) is 16.9 Å². The van der Waals surface area contributed by atoms with Crippen molar-refractivity contribution in [2.45, 2.75) is 25.3 Å². The standard InChI is InChI=1S/C11H16ClN3/c1-8(2)15-11(3-4-14-15)9-5-10(12)7-13-6-9/h3-5,8,10,13H,6-7H2,1-2H3. The summed E-state index contributed by atoms with van der Waals surface area (Å²) in [5, 5.41) is 7.71. The number of nitrogens with zero attached hydrogens (tertiary/aromatic N) is 2. The summed E-state index contributed by atoms with van der Waals surface area (Å²) in [6, 6.07) is 2.43. The maximum Gasteiger partial charge on any atom is 0.0655 e. The highest BCUT2D eigenvalue weighted by Gasteiger charge is 2.15. The summed E-state index contributed by atoms with van der Waals surface area (Å²) >= 11 is 6.09. The fraction of sp³-hybridized carbons (Fsp3) is 0.545. The van der Waals surface area contributed by atoms with Gasteiger partial charge in [0.25, 0.3) is 0 Å². The van der Waals surface area contributed by atoms with Gasteiger partial charge in [0.05, 0.1) is 11.1 Å². The second-order valence-corrected chi connectivity index (χ2v) is 4.65. The monoisotopic (exact) mass is 225 g/mol. The largest absolute Gasteiger partial charge is 0.311 e. The highest BCUT2D eigenvalue weighted by atomic mass is 35.5. The molecular formula is C11H16ClN3. The first-order valence-corrected chi connectivity index (χ1v) is 5.71. The smallest absolute Gasteiger partial charge is 0.0655 e. The number of hydrogen-bond acceptors (Lipinski definition) is 2. The molecule has 1 aliphatic heterocycles. The Morgan fingerprint density at radius 3 is 3.07 bits per heavy atom. The topological polar surface area (TPSA) is 29.9 Å². The minimum absolute atomic E-state index is 0.0873. The molecule has 0 spiro atoms. The van der Waals surface area contributed by atoms with Crippen molar-refractivity contribution in [3.8, 4) is 0 Å². The number of halogens is 1. The molecule has 0 saturated carbocycles. The first-order valence-electron chi connectivity index (χ1n) is 5.28. The minimum atomic E-state index is 0.0873. The molecule has 0 amide bonds. The Bertz CT molecular complexity index is 368. The molecule has 3 nitrogen and oxygen atoms in total. The molecule has 0 aliphatic carbocycles. The van der Waals surface area contributed by atoms with Crippen LogP contribution in [0.5, 0.6) is 0 Å². The van der Waals surface area contributed by atoms with Crippen molar-refractivity contribution < 1.29 is 0 Å². The second kappa shape index (κ2) is 4.37. The van der Waals surface area contributed by atoms with E-state index < -0.39 is 0 Å². The molecule has 4 heteroatoms. The SMILES string of the molecule is CC(C)n1nccc1C1=CC(Cl)CNC1. The maximum absolute atomic E-state index is 6.09. The molecule has 0 saturated heterocycles. The lowest BCUT2D eigenvalue weighted by Crippen LogP contribution is -2.29. The molecule has 1 aromatic heterocycles. The summed E-state index contributed by atoms with van der Waals surface area (Å²) in [6.45, 7) is 5.99. The number of rotatable bonds is 2. The summed E-state index contributed by atoms with van der Waals surface area (Å²) in [7, 11) is 0. The van der Waals surface area contributed by atoms with Gasteiger partial charge in [-0.25, -0.2) is 0 Å². The van der Waals surface area contributed by atoms with E-state index in [9.17, 15) is 0 Å². The Kier molecular flexibility index (Phi) is 3.12. The van der Waals surface area contributed by atoms with E-state index >= 15 is 0 Å². The zero-order chi connectivity index (χ0) is 10.8. The lowest BCUT2D eigenvalue weighted by Gasteiger charge is -2.20. The van der Waals surface area contributed by atoms with Crippen LogP contribution < -0.4 is 5.32 Å². The quantitative estimate of drug-likeness (QED) is 0.781. The zero-order valence-electron chi connectivity index (χ0n) is 9.07. The van der Waals surface area contributed by atoms with Crippen LogP contribution in [0.25, 0.3) is 5.57 Å². The Labute approximate surface area is 95.1 Å². The third-order valence-electron chi connectivity index (χ3n) is 2.53. The van der Waals surface area contributed by atoms with Gasteiger partial charge in [-0.2, -0.15) is 5.10 Å². The van der Waals surface area contributed by atoms with Crippen LogP contribution in [-0.2, 0) is 0 Å². The third kappa shape index (κ3) is 2.24. The molecular weight excluding hydrogens is 210 g/mol. The van der Waals surface area contributed by atoms with Crippen molar-refractivity contribution in [1.29, 1.82) is 0 Å². The fourth-order valence-electron chi connectivity index (χ4n) is 1.84. The Morgan fingerprint density at radius 1 is 1.60 bits per heavy atom. The fourth-order valence-corrected chi connectivity index (χ4v) is 2.10. The molecule has 1 unspecified atom stereocenters. The van der Waals surface area contributed by atoms with E-state index in [1.54, 1.807) is 0 Å². The van der Waals surface area contributed by atoms with E-state index in [0.717, 1.165) is 13.1 Å². The van der Waals surface area contributed by atoms with E-state index in [-0.39, 0.29) is 5.38 Å². The van der Waals surface area contributed by atoms with E-state index in [4.69, 9.17) is 11.6 Å². The maximum atomic E-state index is 6.09. The molecule has 15 heavy (non-hydrogen) atoms. The Hall–Kier alpha value is -0.800. The number of alkyl halides is 1. The Morgan fingerprint density at radius 2 is 2.40 bits per heavy atom. The van der Waals surface area contributed by atoms with Crippen LogP contribution >= 0.6 is 11.6 Å². The molecule has 0 fully saturated rings. The van der Waals surface area contributed by atoms with Crippen LogP contribution in [-0.4, -0.2) is 28.2 Å². The van der Waals surface area contributed by atoms with Crippen LogP contribution in [0.2, 0.25) is 0 Å². The van der Waals surface area contributed by atoms with E-state index in [1.165, 1.54) is 11.3 Å². The summed E-state index contributed by atoms with van der Waals surface area (Å²) in [6.07, 6.45) is 3.96. The summed E-state index contributed by atoms with van der Waals surface area (Å²) in [5.74, 6) is 0. The van der Waals surface area contributed by atoms with Crippen LogP contribution in [0.1, 0.15) is 25.6 Å². The molecule has 2 heterocycles. The average molecular weight is 226 g/mol. The first-order chi connectivity index (χ1) is 7.18. The molecule has 1 aliphatic rings. The Balaban J connectivity index is 2.32. The van der Waals surface area contributed by atoms with Crippen LogP contribution in [0.4, 0.5) is 0 Å². The predicted octanol–water partition coefficient (Wildman–Crippen LogP) is 2.06. The van der Waals surface area contributed by atoms with Crippen LogP contribution in [0.15, 0.2) is 18.3 Å². The minimum Gasteiger partial charge on any atom is -0.311 e. The van der Waals surface area contributed by atoms with Gasteiger partial charge < -0.3 is 5.32 Å². The van der Waals surface area contributed by atoms with Gasteiger partial charge in [-0.05, 0) is 25.5 Å². The van der Waals surface area contributed by atoms with E-state index in [0.29, 0.717) is 6.04 Å². The molecule has 82 valence electrons. The van der Waals surface area contributed by atoms with Gasteiger partial charge in [-0.3, -0.25) is 4.68 Å². The lowest BCUT2D eigenvalue weighted by molar-refractivity contribution is 0.525. The molecule has 0 bridgehead atoms. The molecule has 1 atom stereocenters. The van der Waals surface area contributed by atoms with Crippen molar-refractivity contribution >= 4 is 17.2 Å². The van der Waals surface area contributed by atoms with Crippen molar-refractivity contribution in [2.24, 2.45) is 0 Å². The van der Waals surface area contributed by atoms with Gasteiger partial charge >= 0.3 is 0 Å². The molecule has 1 aromatic rings. The van der Waals surface area contributed by atoms with Crippen molar-refractivity contribution in [2.75, 3.05) is 13.1 Å². The highest BCUT2D eigenvalue weighted by Crippen LogP contribution is 2.20. The zero-order valence-corrected chi connectivity index (χ0v) is 9.83. The van der Waals surface area contributed by atoms with Crippen molar-refractivity contribution in [3.63, 3.8) is 0 Å². The average Bonchev–Trinajstić information content (AvgIpc) is 2.65. The van der Waals surface area contributed by atoms with Gasteiger partial charge in [0, 0.05) is 25.3 Å². The highest BCUT2D eigenvalue weighted by molar-refractivity contribution is 6.22. The van der Waals surface area contributed by atoms with Gasteiger partial charge in [-0.1, -0.05) is 6.08 Å². The van der Waals surface area contributed by atoms with Crippen LogP contribution in [0, 0.1) is 0 Å². The van der Waals surface area contributed by atoms with Gasteiger partial charge in [0.15, 0.2) is 0 Å². The van der Waals surface area contributed by atoms with E-state index in [2.05, 4.69) is 30.3 Å². The third-order valence-corrected chi connectivity index (χ3v) is 2.81. The number of nitrogens with one attached hydrogen (secondary N) is 1. The number of aromatic nitrogens is 2. The first kappa shape index (κ1) is 10.7. The van der Waals surface area contributed by atoms with Crippen LogP contribution in [0.3, 0.4) is 0 Å². The lowest BCUT2D eigenvalue weighted by atomic mass is 10.1. The second-order valence-electron chi connectivity index (χ2n) is 4.09. The van der Waals surface area contributed by atoms with Gasteiger partial charge in [0.1, 0.15) is 0 Å². The number of hydrogen-bond donors (Lipinski definition) is 1. The van der Waals surface area contributed by atoms with Crippen molar-refractivity contribution in [1.82, 2.24) is 15.1 Å². The predicted molar refractivity (Wildman–Crippen MR) is 63.1 cm³/mol. The normalized spacial score (nSPS) is 21.9. The molecule has 0 aromatic carbocycles. The molecule has 1 N–H and O–H groups in total. The van der Waals surface area contributed by atoms with Crippen molar-refractivity contribution in [3.05, 3.63) is 24.0 Å². The molecule has 2 rings (SSSR count). The van der Waals surface area contributed by atoms with Gasteiger partial charge in [0.2, 0.25) is 0 Å². The summed E-state index contributed by atoms with van der Waals surface area (Å²) in [5.41, 5.74) is 2.41.